The molecule has 21 rings (SSSR count). The molecular formula is C42H71NO34. The first-order chi connectivity index (χ1) is 36.7. The fourth-order valence-electron chi connectivity index (χ4n) is 10.5. The molecule has 21 saturated heterocycles. The minimum absolute atomic E-state index is 0.967. The summed E-state index contributed by atoms with van der Waals surface area (Å²) in [5.74, 6) is 0. The zero-order valence-electron chi connectivity index (χ0n) is 40.4. The third-order valence-corrected chi connectivity index (χ3v) is 14.9. The zero-order valence-corrected chi connectivity index (χ0v) is 40.4. The molecule has 0 saturated carbocycles. The Kier molecular flexibility index (Phi) is 20.8. The summed E-state index contributed by atoms with van der Waals surface area (Å²) in [6.45, 7) is -7.15. The standard InChI is InChI=1S/C42H71NO34/c43-15-16(51)36-64-8(1-44)29(15)71-37-23(58)17(52)31(10(3-46)65-37)73-39-25(60)19(54)33(12(5-48)67-39)75-41-27(62)21(56)35(14(7-50)69-41)77-42-28(63)22(57)34(13(6-49)70-42)76-40-26(61)20(55)32(11(4-47)68-40)74-38-24(59)18(53)30(72-36)9(2-45)66-38/h8-42,44-63H,1-7,43H2/t8-,9-,10-,11-,12-,13-,14-,15+,16+,17-,18-,19-,20-,21-,22-,23-,24-,25-,26-,27+,28-,29-,30-,31-,32-,33-,34-,35-,36-,37-,38-,39-,40-,41-,42-/m1/s1. The molecule has 0 aromatic carbocycles. The van der Waals surface area contributed by atoms with Crippen LogP contribution in [0.1, 0.15) is 0 Å². The quantitative estimate of drug-likeness (QED) is 0.113. The lowest BCUT2D eigenvalue weighted by Crippen LogP contribution is -2.69. The Balaban J connectivity index is 1.08. The van der Waals surface area contributed by atoms with E-state index < -0.39 is 261 Å². The Hall–Kier alpha value is -1.40. The highest BCUT2D eigenvalue weighted by Gasteiger charge is 2.59. The molecule has 0 aromatic rings. The molecule has 22 N–H and O–H groups in total. The molecule has 21 heterocycles. The molecule has 21 aliphatic heterocycles. The Morgan fingerprint density at radius 3 is 0.506 bits per heavy atom. The summed E-state index contributed by atoms with van der Waals surface area (Å²) in [6, 6.07) is -1.67. The van der Waals surface area contributed by atoms with Crippen LogP contribution in [0.4, 0.5) is 0 Å². The van der Waals surface area contributed by atoms with Gasteiger partial charge in [0.15, 0.2) is 44.0 Å². The van der Waals surface area contributed by atoms with E-state index >= 15 is 0 Å². The average Bonchev–Trinajstić information content (AvgIpc) is 3.45. The molecule has 0 aromatic heterocycles. The molecule has 0 aliphatic carbocycles. The molecule has 0 radical (unpaired) electrons. The SMILES string of the molecule is N[C@H]1[C@H](O)[C@H]2O[C@H]3[C@H](O)[C@@H](O)[C@@H](O[C@H]4[C@H](O)[C@@H](O)[C@@H](O[C@H]5[C@H](O)[C@@H](O)[C@@H](O[C@H]6[C@H](O)[C@H](O)[C@@H](O[C@H]7[C@H](O)[C@@H](O)[C@@H](O[C@H]8[C@H](O)[C@@H](O)[C@@H](O[C@@H]1[C@@H](CO)O2)O[C@@H]8CO)O[C@@H]7CO)O[C@@H]6CO)O[C@@H]5CO)O[C@@H]4CO)O[C@@H]3CO. The number of nitrogens with two attached hydrogens (primary N) is 1. The summed E-state index contributed by atoms with van der Waals surface area (Å²) in [4.78, 5) is 0. The van der Waals surface area contributed by atoms with E-state index in [1.165, 1.54) is 0 Å². The summed E-state index contributed by atoms with van der Waals surface area (Å²) in [6.07, 6.45) is -66.7. The van der Waals surface area contributed by atoms with Crippen LogP contribution in [-0.2, 0) is 66.3 Å². The van der Waals surface area contributed by atoms with Crippen LogP contribution >= 0.6 is 0 Å². The summed E-state index contributed by atoms with van der Waals surface area (Å²) < 4.78 is 79.9. The van der Waals surface area contributed by atoms with Crippen LogP contribution in [0.2, 0.25) is 0 Å². The maximum Gasteiger partial charge on any atom is 0.187 e. The molecular weight excluding hydrogens is 1060 g/mol. The highest BCUT2D eigenvalue weighted by Crippen LogP contribution is 2.38. The molecule has 35 heteroatoms. The second kappa shape index (κ2) is 26.0. The highest BCUT2D eigenvalue weighted by atomic mass is 16.8. The highest BCUT2D eigenvalue weighted by molar-refractivity contribution is 5.02. The molecule has 448 valence electrons. The lowest BCUT2D eigenvalue weighted by Gasteiger charge is -2.50. The van der Waals surface area contributed by atoms with Crippen molar-refractivity contribution >= 4 is 0 Å². The van der Waals surface area contributed by atoms with Crippen molar-refractivity contribution in [2.75, 3.05) is 46.2 Å². The Morgan fingerprint density at radius 1 is 0.195 bits per heavy atom. The molecule has 0 unspecified atom stereocenters. The monoisotopic (exact) mass is 1130 g/mol. The minimum Gasteiger partial charge on any atom is -0.394 e. The van der Waals surface area contributed by atoms with Crippen LogP contribution in [0, 0.1) is 0 Å². The first-order valence-electron chi connectivity index (χ1n) is 24.7. The molecule has 14 bridgehead atoms. The molecule has 0 amide bonds. The lowest BCUT2D eigenvalue weighted by atomic mass is 9.94. The molecule has 77 heavy (non-hydrogen) atoms. The summed E-state index contributed by atoms with van der Waals surface area (Å²) in [5.41, 5.74) is 6.35. The van der Waals surface area contributed by atoms with Crippen LogP contribution in [-0.4, -0.2) is 363 Å². The third kappa shape index (κ3) is 12.1. The zero-order chi connectivity index (χ0) is 56.1. The van der Waals surface area contributed by atoms with E-state index in [-0.39, 0.29) is 0 Å². The predicted molar refractivity (Wildman–Crippen MR) is 230 cm³/mol. The first-order valence-corrected chi connectivity index (χ1v) is 24.7. The van der Waals surface area contributed by atoms with Gasteiger partial charge >= 0.3 is 0 Å². The second-order valence-electron chi connectivity index (χ2n) is 19.7. The van der Waals surface area contributed by atoms with Crippen molar-refractivity contribution in [2.24, 2.45) is 5.73 Å². The van der Waals surface area contributed by atoms with Gasteiger partial charge in [-0.2, -0.15) is 0 Å². The fourth-order valence-corrected chi connectivity index (χ4v) is 10.5. The molecule has 21 fully saturated rings. The number of hydrogen-bond acceptors (Lipinski definition) is 35. The largest absolute Gasteiger partial charge is 0.394 e. The van der Waals surface area contributed by atoms with E-state index in [0.717, 1.165) is 0 Å². The van der Waals surface area contributed by atoms with Gasteiger partial charge in [-0.25, -0.2) is 0 Å². The summed E-state index contributed by atoms with van der Waals surface area (Å²) >= 11 is 0. The van der Waals surface area contributed by atoms with Gasteiger partial charge in [0, 0.05) is 0 Å². The van der Waals surface area contributed by atoms with Gasteiger partial charge in [-0.1, -0.05) is 0 Å². The van der Waals surface area contributed by atoms with Crippen molar-refractivity contribution in [1.82, 2.24) is 0 Å². The van der Waals surface area contributed by atoms with E-state index in [1.54, 1.807) is 0 Å². The van der Waals surface area contributed by atoms with Gasteiger partial charge in [-0.3, -0.25) is 0 Å². The van der Waals surface area contributed by atoms with Crippen LogP contribution in [0.5, 0.6) is 0 Å². The Morgan fingerprint density at radius 2 is 0.338 bits per heavy atom. The van der Waals surface area contributed by atoms with Gasteiger partial charge in [0.25, 0.3) is 0 Å². The van der Waals surface area contributed by atoms with Crippen LogP contribution < -0.4 is 5.73 Å². The van der Waals surface area contributed by atoms with Crippen molar-refractivity contribution in [2.45, 2.75) is 215 Å². The van der Waals surface area contributed by atoms with Gasteiger partial charge in [0.2, 0.25) is 0 Å². The topological polar surface area (TPSA) is 560 Å². The van der Waals surface area contributed by atoms with Crippen LogP contribution in [0.25, 0.3) is 0 Å². The van der Waals surface area contributed by atoms with Crippen LogP contribution in [0.15, 0.2) is 0 Å². The van der Waals surface area contributed by atoms with E-state index in [9.17, 15) is 102 Å². The van der Waals surface area contributed by atoms with Crippen molar-refractivity contribution < 1.29 is 168 Å². The van der Waals surface area contributed by atoms with Crippen LogP contribution in [0.3, 0.4) is 0 Å². The van der Waals surface area contributed by atoms with Gasteiger partial charge in [-0.05, 0) is 0 Å². The van der Waals surface area contributed by atoms with Gasteiger partial charge in [0.1, 0.15) is 165 Å². The Bertz CT molecular complexity index is 1470. The van der Waals surface area contributed by atoms with Crippen molar-refractivity contribution in [3.8, 4) is 0 Å². The van der Waals surface area contributed by atoms with Crippen molar-refractivity contribution in [3.05, 3.63) is 0 Å². The van der Waals surface area contributed by atoms with Gasteiger partial charge < -0.3 is 174 Å². The molecule has 21 aliphatic rings. The maximum atomic E-state index is 11.4. The van der Waals surface area contributed by atoms with Gasteiger partial charge in [-0.15, -0.1) is 0 Å². The third-order valence-electron chi connectivity index (χ3n) is 14.9. The van der Waals surface area contributed by atoms with Gasteiger partial charge in [0.05, 0.1) is 52.3 Å². The smallest absolute Gasteiger partial charge is 0.187 e. The molecule has 0 spiro atoms. The average molecular weight is 1130 g/mol. The lowest BCUT2D eigenvalue weighted by molar-refractivity contribution is -0.396. The van der Waals surface area contributed by atoms with E-state index in [2.05, 4.69) is 0 Å². The predicted octanol–water partition coefficient (Wildman–Crippen LogP) is -15.3. The normalized spacial score (nSPS) is 55.4. The maximum absolute atomic E-state index is 11.4. The Labute approximate surface area is 434 Å². The second-order valence-corrected chi connectivity index (χ2v) is 19.7. The van der Waals surface area contributed by atoms with Crippen molar-refractivity contribution in [1.29, 1.82) is 0 Å². The van der Waals surface area contributed by atoms with E-state index in [0.29, 0.717) is 0 Å². The number of aliphatic hydroxyl groups is 20. The summed E-state index contributed by atoms with van der Waals surface area (Å²) in [5, 5.41) is 219. The fraction of sp³-hybridized carbons (Fsp3) is 1.00. The van der Waals surface area contributed by atoms with E-state index in [1.807, 2.05) is 0 Å². The number of aliphatic hydroxyl groups excluding tert-OH is 20. The molecule has 35 atom stereocenters. The minimum atomic E-state index is -2.20. The summed E-state index contributed by atoms with van der Waals surface area (Å²) in [7, 11) is 0. The number of hydrogen-bond donors (Lipinski definition) is 21. The van der Waals surface area contributed by atoms with E-state index in [4.69, 9.17) is 72.0 Å². The number of ether oxygens (including phenoxy) is 14. The number of rotatable bonds is 7. The van der Waals surface area contributed by atoms with Crippen molar-refractivity contribution in [3.63, 3.8) is 0 Å². The first kappa shape index (κ1) is 61.7. The molecule has 35 nitrogen and oxygen atoms in total.